The van der Waals surface area contributed by atoms with Crippen LogP contribution in [0.2, 0.25) is 0 Å². The van der Waals surface area contributed by atoms with Crippen molar-refractivity contribution in [2.45, 2.75) is 23.5 Å². The zero-order valence-electron chi connectivity index (χ0n) is 13.7. The van der Waals surface area contributed by atoms with Crippen LogP contribution in [0.15, 0.2) is 52.1 Å². The van der Waals surface area contributed by atoms with Crippen LogP contribution < -0.4 is 4.72 Å². The maximum atomic E-state index is 12.1. The van der Waals surface area contributed by atoms with E-state index in [0.717, 1.165) is 38.9 Å². The number of nitrogens with zero attached hydrogens (tertiary/aromatic N) is 1. The summed E-state index contributed by atoms with van der Waals surface area (Å²) >= 11 is 1.26. The van der Waals surface area contributed by atoms with Crippen molar-refractivity contribution in [3.05, 3.63) is 53.4 Å². The zero-order chi connectivity index (χ0) is 16.8. The largest absolute Gasteiger partial charge is 0.303 e. The van der Waals surface area contributed by atoms with Crippen LogP contribution in [-0.4, -0.2) is 39.5 Å². The predicted octanol–water partition coefficient (Wildman–Crippen LogP) is 2.98. The topological polar surface area (TPSA) is 49.4 Å². The molecule has 0 bridgehead atoms. The summed E-state index contributed by atoms with van der Waals surface area (Å²) in [6.07, 6.45) is 3.19. The molecule has 1 aliphatic heterocycles. The average molecular weight is 365 g/mol. The second-order valence-corrected chi connectivity index (χ2v) is 9.25. The number of likely N-dealkylation sites (tertiary alicyclic amines) is 1. The summed E-state index contributed by atoms with van der Waals surface area (Å²) in [4.78, 5) is 2.48. The second kappa shape index (κ2) is 8.25. The van der Waals surface area contributed by atoms with E-state index in [1.165, 1.54) is 16.9 Å². The summed E-state index contributed by atoms with van der Waals surface area (Å²) in [6.45, 7) is 3.74. The molecule has 2 heterocycles. The molecule has 0 saturated carbocycles. The number of benzene rings is 1. The van der Waals surface area contributed by atoms with Gasteiger partial charge in [-0.3, -0.25) is 0 Å². The van der Waals surface area contributed by atoms with E-state index >= 15 is 0 Å². The molecule has 1 aromatic heterocycles. The lowest BCUT2D eigenvalue weighted by Crippen LogP contribution is -2.39. The first-order valence-electron chi connectivity index (χ1n) is 8.43. The van der Waals surface area contributed by atoms with Crippen molar-refractivity contribution in [1.29, 1.82) is 0 Å². The highest BCUT2D eigenvalue weighted by Gasteiger charge is 2.22. The summed E-state index contributed by atoms with van der Waals surface area (Å²) in [6, 6.07) is 14.0. The van der Waals surface area contributed by atoms with E-state index in [0.29, 0.717) is 16.7 Å². The lowest BCUT2D eigenvalue weighted by molar-refractivity contribution is 0.187. The van der Waals surface area contributed by atoms with Crippen molar-refractivity contribution < 1.29 is 8.42 Å². The van der Waals surface area contributed by atoms with Gasteiger partial charge in [0.05, 0.1) is 0 Å². The van der Waals surface area contributed by atoms with Gasteiger partial charge in [0.25, 0.3) is 0 Å². The van der Waals surface area contributed by atoms with E-state index in [9.17, 15) is 8.42 Å². The summed E-state index contributed by atoms with van der Waals surface area (Å²) in [5, 5.41) is 1.79. The van der Waals surface area contributed by atoms with Crippen LogP contribution in [0.1, 0.15) is 18.4 Å². The van der Waals surface area contributed by atoms with Crippen molar-refractivity contribution in [3.8, 4) is 0 Å². The van der Waals surface area contributed by atoms with Crippen molar-refractivity contribution in [1.82, 2.24) is 9.62 Å². The minimum Gasteiger partial charge on any atom is -0.303 e. The highest BCUT2D eigenvalue weighted by Crippen LogP contribution is 2.19. The van der Waals surface area contributed by atoms with Crippen LogP contribution in [0, 0.1) is 5.92 Å². The normalized spacial score (nSPS) is 17.2. The number of hydrogen-bond acceptors (Lipinski definition) is 4. The summed E-state index contributed by atoms with van der Waals surface area (Å²) in [5.41, 5.74) is 1.38. The third-order valence-electron chi connectivity index (χ3n) is 4.59. The number of piperidine rings is 1. The Balaban J connectivity index is 1.39. The van der Waals surface area contributed by atoms with E-state index < -0.39 is 10.0 Å². The van der Waals surface area contributed by atoms with Gasteiger partial charge in [0.2, 0.25) is 10.0 Å². The molecule has 1 N–H and O–H groups in total. The highest BCUT2D eigenvalue weighted by molar-refractivity contribution is 7.91. The molecule has 1 fully saturated rings. The molecule has 6 heteroatoms. The molecule has 0 amide bonds. The zero-order valence-corrected chi connectivity index (χ0v) is 15.4. The van der Waals surface area contributed by atoms with Crippen LogP contribution >= 0.6 is 11.3 Å². The van der Waals surface area contributed by atoms with E-state index in [1.807, 2.05) is 6.07 Å². The standard InChI is InChI=1S/C18H24N2O2S2/c21-24(22,18-7-4-14-23-18)19-15-17-9-12-20(13-10-17)11-8-16-5-2-1-3-6-16/h1-7,14,17,19H,8-13,15H2. The van der Waals surface area contributed by atoms with Crippen molar-refractivity contribution in [2.75, 3.05) is 26.2 Å². The summed E-state index contributed by atoms with van der Waals surface area (Å²) < 4.78 is 27.5. The van der Waals surface area contributed by atoms with Crippen molar-refractivity contribution in [3.63, 3.8) is 0 Å². The Kier molecular flexibility index (Phi) is 6.05. The molecule has 0 aliphatic carbocycles. The fourth-order valence-corrected chi connectivity index (χ4v) is 5.21. The van der Waals surface area contributed by atoms with Gasteiger partial charge >= 0.3 is 0 Å². The van der Waals surface area contributed by atoms with Crippen LogP contribution in [0.25, 0.3) is 0 Å². The predicted molar refractivity (Wildman–Crippen MR) is 98.8 cm³/mol. The lowest BCUT2D eigenvalue weighted by atomic mass is 9.97. The van der Waals surface area contributed by atoms with Gasteiger partial charge in [-0.2, -0.15) is 0 Å². The number of sulfonamides is 1. The van der Waals surface area contributed by atoms with Gasteiger partial charge in [0, 0.05) is 13.1 Å². The molecular weight excluding hydrogens is 340 g/mol. The molecule has 3 rings (SSSR count). The van der Waals surface area contributed by atoms with Crippen LogP contribution in [-0.2, 0) is 16.4 Å². The number of thiophene rings is 1. The van der Waals surface area contributed by atoms with Crippen molar-refractivity contribution in [2.24, 2.45) is 5.92 Å². The van der Waals surface area contributed by atoms with Crippen LogP contribution in [0.4, 0.5) is 0 Å². The molecule has 130 valence electrons. The van der Waals surface area contributed by atoms with E-state index in [1.54, 1.807) is 17.5 Å². The maximum Gasteiger partial charge on any atom is 0.250 e. The monoisotopic (exact) mass is 364 g/mol. The minimum absolute atomic E-state index is 0.405. The average Bonchev–Trinajstić information content (AvgIpc) is 3.16. The van der Waals surface area contributed by atoms with Gasteiger partial charge in [0.15, 0.2) is 0 Å². The summed E-state index contributed by atoms with van der Waals surface area (Å²) in [5.74, 6) is 0.438. The lowest BCUT2D eigenvalue weighted by Gasteiger charge is -2.32. The summed E-state index contributed by atoms with van der Waals surface area (Å²) in [7, 11) is -3.32. The Bertz CT molecular complexity index is 707. The van der Waals surface area contributed by atoms with Crippen LogP contribution in [0.5, 0.6) is 0 Å². The molecule has 24 heavy (non-hydrogen) atoms. The fraction of sp³-hybridized carbons (Fsp3) is 0.444. The molecule has 1 aromatic carbocycles. The van der Waals surface area contributed by atoms with Gasteiger partial charge in [-0.05, 0) is 55.3 Å². The maximum absolute atomic E-state index is 12.1. The van der Waals surface area contributed by atoms with Gasteiger partial charge in [-0.1, -0.05) is 36.4 Å². The fourth-order valence-electron chi connectivity index (χ4n) is 3.06. The molecule has 2 aromatic rings. The molecule has 0 spiro atoms. The SMILES string of the molecule is O=S(=O)(NCC1CCN(CCc2ccccc2)CC1)c1cccs1. The van der Waals surface area contributed by atoms with Crippen LogP contribution in [0.3, 0.4) is 0 Å². The Morgan fingerprint density at radius 3 is 2.50 bits per heavy atom. The molecule has 0 radical (unpaired) electrons. The Labute approximate surface area is 148 Å². The van der Waals surface area contributed by atoms with Gasteiger partial charge in [0.1, 0.15) is 4.21 Å². The Hall–Kier alpha value is -1.21. The van der Waals surface area contributed by atoms with E-state index in [-0.39, 0.29) is 0 Å². The first-order valence-corrected chi connectivity index (χ1v) is 10.8. The quantitative estimate of drug-likeness (QED) is 0.822. The van der Waals surface area contributed by atoms with Gasteiger partial charge in [-0.25, -0.2) is 13.1 Å². The number of nitrogens with one attached hydrogen (secondary N) is 1. The molecule has 1 saturated heterocycles. The highest BCUT2D eigenvalue weighted by atomic mass is 32.2. The minimum atomic E-state index is -3.32. The van der Waals surface area contributed by atoms with E-state index in [2.05, 4.69) is 33.9 Å². The van der Waals surface area contributed by atoms with Crippen molar-refractivity contribution >= 4 is 21.4 Å². The van der Waals surface area contributed by atoms with Gasteiger partial charge in [-0.15, -0.1) is 11.3 Å². The Morgan fingerprint density at radius 2 is 1.83 bits per heavy atom. The number of rotatable bonds is 7. The van der Waals surface area contributed by atoms with Gasteiger partial charge < -0.3 is 4.90 Å². The third kappa shape index (κ3) is 4.89. The first kappa shape index (κ1) is 17.6. The van der Waals surface area contributed by atoms with E-state index in [4.69, 9.17) is 0 Å². The third-order valence-corrected chi connectivity index (χ3v) is 7.41. The first-order chi connectivity index (χ1) is 11.6. The molecule has 0 atom stereocenters. The molecule has 4 nitrogen and oxygen atoms in total. The molecule has 0 unspecified atom stereocenters. The Morgan fingerprint density at radius 1 is 1.08 bits per heavy atom. The molecular formula is C18H24N2O2S2. The second-order valence-electron chi connectivity index (χ2n) is 6.30. The molecule has 1 aliphatic rings. The number of hydrogen-bond donors (Lipinski definition) is 1. The smallest absolute Gasteiger partial charge is 0.250 e.